The zero-order valence-corrected chi connectivity index (χ0v) is 12.2. The summed E-state index contributed by atoms with van der Waals surface area (Å²) in [6, 6.07) is 2.97. The molecule has 3 nitrogen and oxygen atoms in total. The van der Waals surface area contributed by atoms with Crippen LogP contribution < -0.4 is 10.1 Å². The zero-order valence-electron chi connectivity index (χ0n) is 9.93. The van der Waals surface area contributed by atoms with Crippen molar-refractivity contribution in [3.63, 3.8) is 0 Å². The Morgan fingerprint density at radius 2 is 1.89 bits per heavy atom. The number of ether oxygens (including phenoxy) is 1. The highest BCUT2D eigenvalue weighted by Gasteiger charge is 2.09. The molecule has 100 valence electrons. The Morgan fingerprint density at radius 3 is 2.56 bits per heavy atom. The summed E-state index contributed by atoms with van der Waals surface area (Å²) >= 11 is 17.5. The Labute approximate surface area is 121 Å². The van der Waals surface area contributed by atoms with E-state index in [0.29, 0.717) is 27.4 Å². The molecule has 0 unspecified atom stereocenters. The SMILES string of the molecule is CCCCNC(=O)COc1cc(Cl)c(Cl)cc1Cl. The van der Waals surface area contributed by atoms with E-state index in [4.69, 9.17) is 39.5 Å². The fraction of sp³-hybridized carbons (Fsp3) is 0.417. The molecule has 0 radical (unpaired) electrons. The van der Waals surface area contributed by atoms with Gasteiger partial charge in [0.25, 0.3) is 5.91 Å². The topological polar surface area (TPSA) is 38.3 Å². The van der Waals surface area contributed by atoms with Gasteiger partial charge < -0.3 is 10.1 Å². The van der Waals surface area contributed by atoms with Gasteiger partial charge in [0.15, 0.2) is 6.61 Å². The number of halogens is 3. The van der Waals surface area contributed by atoms with Gasteiger partial charge in [-0.25, -0.2) is 0 Å². The minimum absolute atomic E-state index is 0.0958. The van der Waals surface area contributed by atoms with Crippen LogP contribution in [0.3, 0.4) is 0 Å². The first-order valence-corrected chi connectivity index (χ1v) is 6.72. The quantitative estimate of drug-likeness (QED) is 0.638. The number of nitrogens with one attached hydrogen (secondary N) is 1. The van der Waals surface area contributed by atoms with Crippen LogP contribution >= 0.6 is 34.8 Å². The van der Waals surface area contributed by atoms with Crippen molar-refractivity contribution in [1.29, 1.82) is 0 Å². The molecular formula is C12H14Cl3NO2. The van der Waals surface area contributed by atoms with Crippen LogP contribution in [0.25, 0.3) is 0 Å². The number of unbranched alkanes of at least 4 members (excludes halogenated alkanes) is 1. The van der Waals surface area contributed by atoms with E-state index < -0.39 is 0 Å². The molecule has 1 aromatic carbocycles. The van der Waals surface area contributed by atoms with E-state index in [2.05, 4.69) is 12.2 Å². The van der Waals surface area contributed by atoms with Crippen LogP contribution in [0.5, 0.6) is 5.75 Å². The van der Waals surface area contributed by atoms with Gasteiger partial charge in [0, 0.05) is 12.6 Å². The van der Waals surface area contributed by atoms with E-state index in [-0.39, 0.29) is 12.5 Å². The third kappa shape index (κ3) is 4.92. The number of benzene rings is 1. The lowest BCUT2D eigenvalue weighted by Gasteiger charge is -2.09. The number of rotatable bonds is 6. The molecule has 0 aliphatic rings. The maximum Gasteiger partial charge on any atom is 0.257 e. The van der Waals surface area contributed by atoms with Gasteiger partial charge in [0.1, 0.15) is 5.75 Å². The molecule has 1 aromatic rings. The summed E-state index contributed by atoms with van der Waals surface area (Å²) in [5.74, 6) is 0.155. The largest absolute Gasteiger partial charge is 0.482 e. The molecule has 6 heteroatoms. The van der Waals surface area contributed by atoms with Crippen LogP contribution in [-0.4, -0.2) is 19.1 Å². The van der Waals surface area contributed by atoms with Gasteiger partial charge in [-0.15, -0.1) is 0 Å². The lowest BCUT2D eigenvalue weighted by Crippen LogP contribution is -2.29. The lowest BCUT2D eigenvalue weighted by molar-refractivity contribution is -0.123. The van der Waals surface area contributed by atoms with Gasteiger partial charge in [-0.1, -0.05) is 48.1 Å². The molecule has 0 bridgehead atoms. The number of hydrogen-bond donors (Lipinski definition) is 1. The second-order valence-electron chi connectivity index (χ2n) is 3.69. The fourth-order valence-corrected chi connectivity index (χ4v) is 1.81. The molecule has 18 heavy (non-hydrogen) atoms. The first-order valence-electron chi connectivity index (χ1n) is 5.58. The number of amides is 1. The number of carbonyl (C=O) groups is 1. The lowest BCUT2D eigenvalue weighted by atomic mass is 10.3. The van der Waals surface area contributed by atoms with E-state index in [1.165, 1.54) is 12.1 Å². The van der Waals surface area contributed by atoms with Crippen molar-refractivity contribution in [2.45, 2.75) is 19.8 Å². The summed E-state index contributed by atoms with van der Waals surface area (Å²) in [5.41, 5.74) is 0. The average molecular weight is 311 g/mol. The second kappa shape index (κ2) is 7.72. The second-order valence-corrected chi connectivity index (χ2v) is 4.91. The Balaban J connectivity index is 2.48. The Morgan fingerprint density at radius 1 is 1.22 bits per heavy atom. The molecule has 0 aliphatic carbocycles. The summed E-state index contributed by atoms with van der Waals surface area (Å²) in [5, 5.41) is 3.74. The highest BCUT2D eigenvalue weighted by atomic mass is 35.5. The van der Waals surface area contributed by atoms with Gasteiger partial charge in [0.2, 0.25) is 0 Å². The van der Waals surface area contributed by atoms with Crippen molar-refractivity contribution >= 4 is 40.7 Å². The molecule has 0 aromatic heterocycles. The van der Waals surface area contributed by atoms with Crippen LogP contribution in [-0.2, 0) is 4.79 Å². The minimum Gasteiger partial charge on any atom is -0.482 e. The van der Waals surface area contributed by atoms with Gasteiger partial charge in [-0.2, -0.15) is 0 Å². The van der Waals surface area contributed by atoms with E-state index >= 15 is 0 Å². The van der Waals surface area contributed by atoms with Crippen LogP contribution in [0.1, 0.15) is 19.8 Å². The molecular weight excluding hydrogens is 296 g/mol. The smallest absolute Gasteiger partial charge is 0.257 e. The molecule has 0 atom stereocenters. The van der Waals surface area contributed by atoms with E-state index in [1.54, 1.807) is 0 Å². The predicted molar refractivity (Wildman–Crippen MR) is 74.9 cm³/mol. The average Bonchev–Trinajstić information content (AvgIpc) is 2.32. The Kier molecular flexibility index (Phi) is 6.61. The van der Waals surface area contributed by atoms with Crippen LogP contribution in [0.4, 0.5) is 0 Å². The maximum absolute atomic E-state index is 11.4. The van der Waals surface area contributed by atoms with Crippen molar-refractivity contribution in [3.8, 4) is 5.75 Å². The number of hydrogen-bond acceptors (Lipinski definition) is 2. The van der Waals surface area contributed by atoms with Crippen molar-refractivity contribution < 1.29 is 9.53 Å². The van der Waals surface area contributed by atoms with Gasteiger partial charge in [0.05, 0.1) is 15.1 Å². The summed E-state index contributed by atoms with van der Waals surface area (Å²) in [4.78, 5) is 11.4. The summed E-state index contributed by atoms with van der Waals surface area (Å²) in [6.45, 7) is 2.60. The van der Waals surface area contributed by atoms with Gasteiger partial charge >= 0.3 is 0 Å². The Bertz CT molecular complexity index is 424. The fourth-order valence-electron chi connectivity index (χ4n) is 1.21. The van der Waals surface area contributed by atoms with Crippen LogP contribution in [0, 0.1) is 0 Å². The molecule has 0 spiro atoms. The van der Waals surface area contributed by atoms with E-state index in [9.17, 15) is 4.79 Å². The first kappa shape index (κ1) is 15.4. The van der Waals surface area contributed by atoms with Gasteiger partial charge in [-0.3, -0.25) is 4.79 Å². The maximum atomic E-state index is 11.4. The zero-order chi connectivity index (χ0) is 13.5. The predicted octanol–water partition coefficient (Wildman–Crippen LogP) is 3.94. The number of carbonyl (C=O) groups excluding carboxylic acids is 1. The third-order valence-electron chi connectivity index (χ3n) is 2.19. The molecule has 0 aliphatic heterocycles. The summed E-state index contributed by atoms with van der Waals surface area (Å²) < 4.78 is 5.28. The van der Waals surface area contributed by atoms with Crippen molar-refractivity contribution in [3.05, 3.63) is 27.2 Å². The standard InChI is InChI=1S/C12H14Cl3NO2/c1-2-3-4-16-12(17)7-18-11-6-9(14)8(13)5-10(11)15/h5-6H,2-4,7H2,1H3,(H,16,17). The van der Waals surface area contributed by atoms with Crippen LogP contribution in [0.15, 0.2) is 12.1 Å². The van der Waals surface area contributed by atoms with Gasteiger partial charge in [-0.05, 0) is 12.5 Å². The highest BCUT2D eigenvalue weighted by Crippen LogP contribution is 2.33. The molecule has 1 rings (SSSR count). The van der Waals surface area contributed by atoms with E-state index in [0.717, 1.165) is 12.8 Å². The summed E-state index contributed by atoms with van der Waals surface area (Å²) in [7, 11) is 0. The third-order valence-corrected chi connectivity index (χ3v) is 3.20. The van der Waals surface area contributed by atoms with Crippen molar-refractivity contribution in [2.24, 2.45) is 0 Å². The van der Waals surface area contributed by atoms with Crippen LogP contribution in [0.2, 0.25) is 15.1 Å². The molecule has 0 saturated heterocycles. The Hall–Kier alpha value is -0.640. The summed E-state index contributed by atoms with van der Waals surface area (Å²) in [6.07, 6.45) is 1.97. The van der Waals surface area contributed by atoms with Crippen molar-refractivity contribution in [2.75, 3.05) is 13.2 Å². The molecule has 1 N–H and O–H groups in total. The molecule has 0 fully saturated rings. The van der Waals surface area contributed by atoms with E-state index in [1.807, 2.05) is 0 Å². The molecule has 0 heterocycles. The first-order chi connectivity index (χ1) is 8.54. The highest BCUT2D eigenvalue weighted by molar-refractivity contribution is 6.43. The molecule has 0 saturated carbocycles. The van der Waals surface area contributed by atoms with Crippen molar-refractivity contribution in [1.82, 2.24) is 5.32 Å². The normalized spacial score (nSPS) is 10.2. The molecule has 1 amide bonds. The monoisotopic (exact) mass is 309 g/mol. The minimum atomic E-state index is -0.189.